The first kappa shape index (κ1) is 15.4. The fourth-order valence-electron chi connectivity index (χ4n) is 3.07. The van der Waals surface area contributed by atoms with Crippen molar-refractivity contribution in [3.8, 4) is 0 Å². The van der Waals surface area contributed by atoms with Gasteiger partial charge in [-0.05, 0) is 19.4 Å². The van der Waals surface area contributed by atoms with E-state index in [2.05, 4.69) is 26.1 Å². The van der Waals surface area contributed by atoms with Crippen molar-refractivity contribution in [2.75, 3.05) is 19.8 Å². The highest BCUT2D eigenvalue weighted by molar-refractivity contribution is 7.86. The second-order valence-corrected chi connectivity index (χ2v) is 7.67. The largest absolute Gasteiger partial charge is 0.347 e. The Hall–Kier alpha value is 0.0300. The molecule has 0 radical (unpaired) electrons. The third-order valence-corrected chi connectivity index (χ3v) is 6.57. The summed E-state index contributed by atoms with van der Waals surface area (Å²) >= 11 is 0. The van der Waals surface area contributed by atoms with Crippen molar-refractivity contribution in [2.45, 2.75) is 68.8 Å². The second-order valence-electron chi connectivity index (χ2n) is 5.60. The second kappa shape index (κ2) is 6.66. The molecule has 19 heavy (non-hydrogen) atoms. The first-order valence-corrected chi connectivity index (χ1v) is 8.80. The maximum atomic E-state index is 12.7. The normalized spacial score (nSPS) is 33.4. The van der Waals surface area contributed by atoms with Crippen molar-refractivity contribution < 1.29 is 13.7 Å². The Kier molecular flexibility index (Phi) is 5.40. The molecular formula is C14H27NO3S. The molecule has 5 heteroatoms. The fraction of sp³-hybridized carbons (Fsp3) is 1.00. The van der Waals surface area contributed by atoms with Gasteiger partial charge in [0.25, 0.3) is 0 Å². The molecule has 0 bridgehead atoms. The lowest BCUT2D eigenvalue weighted by Gasteiger charge is -2.41. The van der Waals surface area contributed by atoms with Crippen LogP contribution in [-0.4, -0.2) is 46.3 Å². The van der Waals surface area contributed by atoms with E-state index < -0.39 is 16.6 Å². The minimum atomic E-state index is -0.827. The quantitative estimate of drug-likeness (QED) is 0.838. The van der Waals surface area contributed by atoms with Crippen molar-refractivity contribution in [3.05, 3.63) is 0 Å². The number of nitrogens with one attached hydrogen (secondary N) is 1. The van der Waals surface area contributed by atoms with Crippen LogP contribution in [0, 0.1) is 0 Å². The SMILES string of the molecule is CCNC1CCC2(CC1S(=O)C(C)CC)OCCO2. The Morgan fingerprint density at radius 2 is 2.05 bits per heavy atom. The summed E-state index contributed by atoms with van der Waals surface area (Å²) in [6, 6.07) is 0.332. The number of hydrogen-bond donors (Lipinski definition) is 1. The molecule has 2 rings (SSSR count). The van der Waals surface area contributed by atoms with Crippen molar-refractivity contribution in [1.82, 2.24) is 5.32 Å². The number of hydrogen-bond acceptors (Lipinski definition) is 4. The summed E-state index contributed by atoms with van der Waals surface area (Å²) in [7, 11) is -0.827. The molecule has 1 saturated carbocycles. The molecule has 1 N–H and O–H groups in total. The molecule has 0 amide bonds. The molecule has 1 aliphatic carbocycles. The van der Waals surface area contributed by atoms with Crippen LogP contribution in [0.5, 0.6) is 0 Å². The number of rotatable bonds is 5. The van der Waals surface area contributed by atoms with Crippen LogP contribution in [0.25, 0.3) is 0 Å². The molecule has 4 nitrogen and oxygen atoms in total. The van der Waals surface area contributed by atoms with Crippen molar-refractivity contribution in [1.29, 1.82) is 0 Å². The van der Waals surface area contributed by atoms with Crippen LogP contribution >= 0.6 is 0 Å². The third-order valence-electron chi connectivity index (χ3n) is 4.35. The molecule has 2 fully saturated rings. The highest BCUT2D eigenvalue weighted by Gasteiger charge is 2.47. The highest BCUT2D eigenvalue weighted by atomic mass is 32.2. The summed E-state index contributed by atoms with van der Waals surface area (Å²) in [6.45, 7) is 8.57. The van der Waals surface area contributed by atoms with E-state index in [0.29, 0.717) is 19.3 Å². The van der Waals surface area contributed by atoms with E-state index >= 15 is 0 Å². The van der Waals surface area contributed by atoms with E-state index in [4.69, 9.17) is 9.47 Å². The Labute approximate surface area is 119 Å². The first-order valence-electron chi connectivity index (χ1n) is 7.52. The molecular weight excluding hydrogens is 262 g/mol. The van der Waals surface area contributed by atoms with Gasteiger partial charge in [-0.15, -0.1) is 0 Å². The van der Waals surface area contributed by atoms with Crippen molar-refractivity contribution >= 4 is 10.8 Å². The van der Waals surface area contributed by atoms with Gasteiger partial charge in [-0.1, -0.05) is 20.8 Å². The summed E-state index contributed by atoms with van der Waals surface area (Å²) in [6.07, 6.45) is 3.62. The molecule has 0 aromatic rings. The van der Waals surface area contributed by atoms with Crippen molar-refractivity contribution in [2.24, 2.45) is 0 Å². The third kappa shape index (κ3) is 3.38. The predicted octanol–water partition coefficient (Wildman–Crippen LogP) is 1.81. The summed E-state index contributed by atoms with van der Waals surface area (Å²) in [5.41, 5.74) is 0. The Balaban J connectivity index is 2.10. The Morgan fingerprint density at radius 3 is 2.63 bits per heavy atom. The fourth-order valence-corrected chi connectivity index (χ4v) is 4.97. The minimum Gasteiger partial charge on any atom is -0.347 e. The molecule has 112 valence electrons. The van der Waals surface area contributed by atoms with Gasteiger partial charge in [-0.2, -0.15) is 0 Å². The molecule has 1 spiro atoms. The maximum Gasteiger partial charge on any atom is 0.169 e. The number of ether oxygens (including phenoxy) is 2. The van der Waals surface area contributed by atoms with Gasteiger partial charge >= 0.3 is 0 Å². The molecule has 1 heterocycles. The van der Waals surface area contributed by atoms with Gasteiger partial charge in [0, 0.05) is 34.9 Å². The molecule has 4 atom stereocenters. The van der Waals surface area contributed by atoms with Crippen LogP contribution in [0.4, 0.5) is 0 Å². The van der Waals surface area contributed by atoms with Crippen LogP contribution in [0.15, 0.2) is 0 Å². The van der Waals surface area contributed by atoms with Gasteiger partial charge in [-0.25, -0.2) is 0 Å². The average Bonchev–Trinajstić information content (AvgIpc) is 2.88. The molecule has 4 unspecified atom stereocenters. The van der Waals surface area contributed by atoms with Gasteiger partial charge < -0.3 is 14.8 Å². The van der Waals surface area contributed by atoms with E-state index in [0.717, 1.165) is 32.2 Å². The maximum absolute atomic E-state index is 12.7. The highest BCUT2D eigenvalue weighted by Crippen LogP contribution is 2.38. The lowest BCUT2D eigenvalue weighted by Crippen LogP contribution is -2.53. The summed E-state index contributed by atoms with van der Waals surface area (Å²) < 4.78 is 24.3. The van der Waals surface area contributed by atoms with E-state index in [-0.39, 0.29) is 10.5 Å². The van der Waals surface area contributed by atoms with Crippen molar-refractivity contribution in [3.63, 3.8) is 0 Å². The van der Waals surface area contributed by atoms with Crippen LogP contribution in [0.1, 0.15) is 46.5 Å². The minimum absolute atomic E-state index is 0.141. The van der Waals surface area contributed by atoms with Gasteiger partial charge in [-0.3, -0.25) is 4.21 Å². The van der Waals surface area contributed by atoms with Crippen LogP contribution < -0.4 is 5.32 Å². The molecule has 1 saturated heterocycles. The van der Waals surface area contributed by atoms with E-state index in [1.807, 2.05) is 0 Å². The zero-order valence-corrected chi connectivity index (χ0v) is 13.1. The lowest BCUT2D eigenvalue weighted by molar-refractivity contribution is -0.178. The topological polar surface area (TPSA) is 47.6 Å². The van der Waals surface area contributed by atoms with E-state index in [1.54, 1.807) is 0 Å². The molecule has 0 aromatic heterocycles. The van der Waals surface area contributed by atoms with Gasteiger partial charge in [0.15, 0.2) is 5.79 Å². The summed E-state index contributed by atoms with van der Waals surface area (Å²) in [4.78, 5) is 0. The zero-order chi connectivity index (χ0) is 13.9. The van der Waals surface area contributed by atoms with Gasteiger partial charge in [0.1, 0.15) is 0 Å². The average molecular weight is 289 g/mol. The van der Waals surface area contributed by atoms with Crippen LogP contribution in [0.2, 0.25) is 0 Å². The first-order chi connectivity index (χ1) is 9.12. The van der Waals surface area contributed by atoms with Gasteiger partial charge in [0.05, 0.1) is 18.5 Å². The van der Waals surface area contributed by atoms with Crippen LogP contribution in [-0.2, 0) is 20.3 Å². The lowest BCUT2D eigenvalue weighted by atomic mass is 9.89. The zero-order valence-electron chi connectivity index (χ0n) is 12.3. The Bertz CT molecular complexity index is 318. The smallest absolute Gasteiger partial charge is 0.169 e. The summed E-state index contributed by atoms with van der Waals surface area (Å²) in [5, 5.41) is 3.88. The molecule has 0 aromatic carbocycles. The van der Waals surface area contributed by atoms with E-state index in [9.17, 15) is 4.21 Å². The molecule has 2 aliphatic rings. The van der Waals surface area contributed by atoms with E-state index in [1.165, 1.54) is 0 Å². The standard InChI is InChI=1S/C14H27NO3S/c1-4-11(3)19(16)13-10-14(17-8-9-18-14)7-6-12(13)15-5-2/h11-13,15H,4-10H2,1-3H3. The van der Waals surface area contributed by atoms with Crippen LogP contribution in [0.3, 0.4) is 0 Å². The predicted molar refractivity (Wildman–Crippen MR) is 77.6 cm³/mol. The van der Waals surface area contributed by atoms with Gasteiger partial charge in [0.2, 0.25) is 0 Å². The monoisotopic (exact) mass is 289 g/mol. The Morgan fingerprint density at radius 1 is 1.37 bits per heavy atom. The summed E-state index contributed by atoms with van der Waals surface area (Å²) in [5.74, 6) is -0.445. The molecule has 1 aliphatic heterocycles.